The Hall–Kier alpha value is -4.13. The average Bonchev–Trinajstić information content (AvgIpc) is 3.63. The van der Waals surface area contributed by atoms with Gasteiger partial charge in [-0.25, -0.2) is 9.78 Å². The molecule has 3 aromatic heterocycles. The zero-order valence-electron chi connectivity index (χ0n) is 20.7. The van der Waals surface area contributed by atoms with Crippen molar-refractivity contribution < 1.29 is 9.59 Å². The van der Waals surface area contributed by atoms with Crippen LogP contribution >= 0.6 is 11.3 Å². The van der Waals surface area contributed by atoms with Crippen LogP contribution in [0.2, 0.25) is 0 Å². The summed E-state index contributed by atoms with van der Waals surface area (Å²) in [4.78, 5) is 55.8. The molecule has 0 aliphatic carbocycles. The van der Waals surface area contributed by atoms with Gasteiger partial charge in [-0.1, -0.05) is 30.4 Å². The second-order valence-electron chi connectivity index (χ2n) is 8.98. The summed E-state index contributed by atoms with van der Waals surface area (Å²) >= 11 is 1.25. The van der Waals surface area contributed by atoms with Crippen molar-refractivity contribution in [2.75, 3.05) is 16.8 Å². The Bertz CT molecular complexity index is 1610. The van der Waals surface area contributed by atoms with Gasteiger partial charge in [0.1, 0.15) is 5.01 Å². The van der Waals surface area contributed by atoms with Crippen LogP contribution in [0.4, 0.5) is 10.8 Å². The third kappa shape index (κ3) is 4.57. The van der Waals surface area contributed by atoms with Gasteiger partial charge in [-0.2, -0.15) is 0 Å². The average molecular weight is 523 g/mol. The number of hydrogen-bond acceptors (Lipinski definition) is 8. The number of nitrogens with one attached hydrogen (secondary N) is 1. The number of carbonyl (C=O) groups is 2. The molecule has 0 bridgehead atoms. The molecule has 5 rings (SSSR count). The smallest absolute Gasteiger partial charge is 0.324 e. The fraction of sp³-hybridized carbons (Fsp3) is 0.375. The number of amides is 2. The highest BCUT2D eigenvalue weighted by Gasteiger charge is 2.34. The van der Waals surface area contributed by atoms with Crippen molar-refractivity contribution in [3.8, 4) is 0 Å². The number of hydrogen-bond donors (Lipinski definition) is 1. The first-order valence-corrected chi connectivity index (χ1v) is 12.7. The molecule has 37 heavy (non-hydrogen) atoms. The molecule has 0 saturated carbocycles. The van der Waals surface area contributed by atoms with E-state index in [0.717, 1.165) is 16.7 Å². The molecule has 2 amide bonds. The second-order valence-corrected chi connectivity index (χ2v) is 9.99. The predicted molar refractivity (Wildman–Crippen MR) is 139 cm³/mol. The van der Waals surface area contributed by atoms with Crippen LogP contribution in [0.3, 0.4) is 0 Å². The Morgan fingerprint density at radius 2 is 1.86 bits per heavy atom. The minimum atomic E-state index is -0.466. The maximum Gasteiger partial charge on any atom is 0.332 e. The first kappa shape index (κ1) is 24.6. The van der Waals surface area contributed by atoms with Gasteiger partial charge in [-0.05, 0) is 24.1 Å². The highest BCUT2D eigenvalue weighted by molar-refractivity contribution is 7.15. The molecule has 1 saturated heterocycles. The molecule has 1 aromatic carbocycles. The van der Waals surface area contributed by atoms with Crippen LogP contribution in [-0.4, -0.2) is 47.2 Å². The van der Waals surface area contributed by atoms with Crippen molar-refractivity contribution in [3.05, 3.63) is 62.0 Å². The molecule has 1 fully saturated rings. The molecule has 1 aliphatic heterocycles. The van der Waals surface area contributed by atoms with E-state index in [-0.39, 0.29) is 41.9 Å². The van der Waals surface area contributed by atoms with E-state index in [1.165, 1.54) is 34.8 Å². The first-order chi connectivity index (χ1) is 17.8. The van der Waals surface area contributed by atoms with Crippen LogP contribution in [-0.2, 0) is 36.6 Å². The van der Waals surface area contributed by atoms with E-state index in [2.05, 4.69) is 27.4 Å². The summed E-state index contributed by atoms with van der Waals surface area (Å²) in [5.41, 5.74) is 1.68. The van der Waals surface area contributed by atoms with Crippen LogP contribution < -0.4 is 21.5 Å². The van der Waals surface area contributed by atoms with E-state index >= 15 is 0 Å². The molecule has 1 N–H and O–H groups in total. The van der Waals surface area contributed by atoms with E-state index in [1.54, 1.807) is 16.5 Å². The summed E-state index contributed by atoms with van der Waals surface area (Å²) in [6.45, 7) is 2.80. The predicted octanol–water partition coefficient (Wildman–Crippen LogP) is 1.40. The topological polar surface area (TPSA) is 137 Å². The van der Waals surface area contributed by atoms with Crippen molar-refractivity contribution in [3.63, 3.8) is 0 Å². The van der Waals surface area contributed by atoms with Crippen LogP contribution in [0.15, 0.2) is 40.2 Å². The molecule has 0 radical (unpaired) electrons. The maximum absolute atomic E-state index is 12.6. The van der Waals surface area contributed by atoms with Crippen LogP contribution in [0.25, 0.3) is 11.2 Å². The van der Waals surface area contributed by atoms with Gasteiger partial charge < -0.3 is 14.8 Å². The number of nitrogens with zero attached hydrogens (tertiary/aromatic N) is 7. The number of anilines is 2. The van der Waals surface area contributed by atoms with E-state index in [9.17, 15) is 19.2 Å². The van der Waals surface area contributed by atoms with Crippen molar-refractivity contribution in [2.45, 2.75) is 38.6 Å². The Morgan fingerprint density at radius 3 is 2.59 bits per heavy atom. The van der Waals surface area contributed by atoms with E-state index in [0.29, 0.717) is 23.1 Å². The minimum Gasteiger partial charge on any atom is -0.324 e. The lowest BCUT2D eigenvalue weighted by Crippen LogP contribution is -2.37. The summed E-state index contributed by atoms with van der Waals surface area (Å²) in [7, 11) is 2.95. The summed E-state index contributed by atoms with van der Waals surface area (Å²) in [6, 6.07) is 7.98. The third-order valence-electron chi connectivity index (χ3n) is 6.61. The van der Waals surface area contributed by atoms with E-state index < -0.39 is 11.2 Å². The van der Waals surface area contributed by atoms with Crippen molar-refractivity contribution in [1.29, 1.82) is 0 Å². The molecule has 1 unspecified atom stereocenters. The summed E-state index contributed by atoms with van der Waals surface area (Å²) < 4.78 is 3.87. The fourth-order valence-electron chi connectivity index (χ4n) is 4.45. The Morgan fingerprint density at radius 1 is 1.11 bits per heavy atom. The quantitative estimate of drug-likeness (QED) is 0.387. The largest absolute Gasteiger partial charge is 0.332 e. The summed E-state index contributed by atoms with van der Waals surface area (Å²) in [6.07, 6.45) is 2.79. The maximum atomic E-state index is 12.6. The highest BCUT2D eigenvalue weighted by Crippen LogP contribution is 2.34. The zero-order chi connectivity index (χ0) is 26.3. The van der Waals surface area contributed by atoms with Gasteiger partial charge in [0, 0.05) is 51.6 Å². The Kier molecular flexibility index (Phi) is 6.46. The second kappa shape index (κ2) is 9.73. The number of carbonyl (C=O) groups excluding carboxylic acids is 2. The van der Waals surface area contributed by atoms with Crippen LogP contribution in [0, 0.1) is 0 Å². The van der Waals surface area contributed by atoms with Crippen LogP contribution in [0.1, 0.15) is 36.3 Å². The lowest BCUT2D eigenvalue weighted by Gasteiger charge is -2.16. The van der Waals surface area contributed by atoms with Gasteiger partial charge in [0.15, 0.2) is 11.2 Å². The lowest BCUT2D eigenvalue weighted by atomic mass is 10.1. The molecule has 4 heterocycles. The number of rotatable bonds is 7. The lowest BCUT2D eigenvalue weighted by molar-refractivity contribution is -0.117. The molecule has 4 aromatic rings. The molecule has 0 spiro atoms. The standard InChI is InChI=1S/C24H26N8O4S/c1-4-14-5-7-16(8-6-14)32-12-15(11-18(32)34)21-27-28-23(37-21)26-17(33)9-10-31-13-25-20-19(31)22(35)30(3)24(36)29(20)2/h5-8,13,15H,4,9-12H2,1-3H3,(H,26,28,33). The fourth-order valence-corrected chi connectivity index (χ4v) is 5.31. The van der Waals surface area contributed by atoms with Gasteiger partial charge >= 0.3 is 5.69 Å². The number of aromatic nitrogens is 6. The molecular weight excluding hydrogens is 496 g/mol. The number of aryl methyl sites for hydroxylation is 3. The zero-order valence-corrected chi connectivity index (χ0v) is 21.5. The minimum absolute atomic E-state index is 0.0336. The summed E-state index contributed by atoms with van der Waals surface area (Å²) in [5, 5.41) is 12.1. The molecule has 1 atom stereocenters. The van der Waals surface area contributed by atoms with Crippen LogP contribution in [0.5, 0.6) is 0 Å². The first-order valence-electron chi connectivity index (χ1n) is 11.9. The third-order valence-corrected chi connectivity index (χ3v) is 7.62. The number of imidazole rings is 1. The van der Waals surface area contributed by atoms with Crippen molar-refractivity contribution in [2.24, 2.45) is 14.1 Å². The molecule has 12 nitrogen and oxygen atoms in total. The molecule has 13 heteroatoms. The number of benzene rings is 1. The van der Waals surface area contributed by atoms with Gasteiger partial charge in [0.2, 0.25) is 16.9 Å². The Balaban J connectivity index is 1.22. The van der Waals surface area contributed by atoms with Gasteiger partial charge in [0.25, 0.3) is 5.56 Å². The van der Waals surface area contributed by atoms with Gasteiger partial charge in [-0.3, -0.25) is 23.5 Å². The van der Waals surface area contributed by atoms with Crippen molar-refractivity contribution in [1.82, 2.24) is 28.9 Å². The van der Waals surface area contributed by atoms with Crippen molar-refractivity contribution >= 4 is 45.1 Å². The van der Waals surface area contributed by atoms with Gasteiger partial charge in [-0.15, -0.1) is 10.2 Å². The normalized spacial score (nSPS) is 15.6. The van der Waals surface area contributed by atoms with Gasteiger partial charge in [0.05, 0.1) is 6.33 Å². The van der Waals surface area contributed by atoms with E-state index in [4.69, 9.17) is 0 Å². The molecule has 192 valence electrons. The number of fused-ring (bicyclic) bond motifs is 1. The van der Waals surface area contributed by atoms with E-state index in [1.807, 2.05) is 24.3 Å². The highest BCUT2D eigenvalue weighted by atomic mass is 32.1. The Labute approximate surface area is 215 Å². The molecule has 1 aliphatic rings. The monoisotopic (exact) mass is 522 g/mol. The SMILES string of the molecule is CCc1ccc(N2CC(c3nnc(NC(=O)CCn4cnc5c4c(=O)n(C)c(=O)n5C)s3)CC2=O)cc1. The summed E-state index contributed by atoms with van der Waals surface area (Å²) in [5.74, 6) is -0.362. The molecular formula is C24H26N8O4S.